The molecule has 0 heterocycles. The molecule has 21 heavy (non-hydrogen) atoms. The molecule has 0 radical (unpaired) electrons. The van der Waals surface area contributed by atoms with Gasteiger partial charge in [0.25, 0.3) is 0 Å². The Balaban J connectivity index is 3.01. The summed E-state index contributed by atoms with van der Waals surface area (Å²) in [5, 5.41) is 23.4. The molecule has 0 amide bonds. The number of hydrogen-bond acceptors (Lipinski definition) is 5. The van der Waals surface area contributed by atoms with Crippen LogP contribution in [0.15, 0.2) is 18.2 Å². The maximum absolute atomic E-state index is 11.4. The fraction of sp³-hybridized carbons (Fsp3) is 0.600. The predicted molar refractivity (Wildman–Crippen MR) is 84.0 cm³/mol. The molecule has 6 heteroatoms. The minimum atomic E-state index is -3.25. The van der Waals surface area contributed by atoms with Crippen LogP contribution in [0, 0.1) is 0 Å². The van der Waals surface area contributed by atoms with Crippen molar-refractivity contribution in [2.24, 2.45) is 0 Å². The number of rotatable bonds is 5. The predicted octanol–water partition coefficient (Wildman–Crippen LogP) is 1.75. The third kappa shape index (κ3) is 6.03. The highest BCUT2D eigenvalue weighted by Gasteiger charge is 2.22. The molecule has 3 N–H and O–H groups in total. The Labute approximate surface area is 126 Å². The molecule has 0 aliphatic heterocycles. The molecule has 2 unspecified atom stereocenters. The summed E-state index contributed by atoms with van der Waals surface area (Å²) in [5.74, 6) is -0.326. The van der Waals surface area contributed by atoms with Gasteiger partial charge in [0.05, 0.1) is 11.9 Å². The van der Waals surface area contributed by atoms with Crippen LogP contribution in [0.3, 0.4) is 0 Å². The first-order valence-electron chi connectivity index (χ1n) is 6.84. The van der Waals surface area contributed by atoms with Crippen molar-refractivity contribution >= 4 is 9.84 Å². The third-order valence-electron chi connectivity index (χ3n) is 3.00. The van der Waals surface area contributed by atoms with Gasteiger partial charge >= 0.3 is 0 Å². The van der Waals surface area contributed by atoms with Crippen molar-refractivity contribution in [2.45, 2.75) is 51.1 Å². The second-order valence-electron chi connectivity index (χ2n) is 6.59. The van der Waals surface area contributed by atoms with Gasteiger partial charge in [-0.25, -0.2) is 8.42 Å². The molecule has 0 aliphatic carbocycles. The van der Waals surface area contributed by atoms with Crippen LogP contribution in [0.5, 0.6) is 5.75 Å². The van der Waals surface area contributed by atoms with Crippen molar-refractivity contribution in [1.29, 1.82) is 0 Å². The number of aromatic hydroxyl groups is 1. The van der Waals surface area contributed by atoms with Crippen LogP contribution in [0.2, 0.25) is 0 Å². The minimum absolute atomic E-state index is 0.0761. The molecule has 0 saturated heterocycles. The molecule has 1 aromatic rings. The Morgan fingerprint density at radius 1 is 1.29 bits per heavy atom. The lowest BCUT2D eigenvalue weighted by Crippen LogP contribution is -2.44. The first-order valence-corrected chi connectivity index (χ1v) is 8.90. The second kappa shape index (κ2) is 6.34. The number of nitrogens with one attached hydrogen (secondary N) is 1. The maximum atomic E-state index is 11.4. The highest BCUT2D eigenvalue weighted by Crippen LogP contribution is 2.26. The summed E-state index contributed by atoms with van der Waals surface area (Å²) in [5.41, 5.74) is 0.736. The topological polar surface area (TPSA) is 86.6 Å². The third-order valence-corrected chi connectivity index (χ3v) is 3.83. The lowest BCUT2D eigenvalue weighted by Gasteiger charge is -2.29. The van der Waals surface area contributed by atoms with E-state index in [0.717, 1.165) is 6.26 Å². The van der Waals surface area contributed by atoms with E-state index >= 15 is 0 Å². The van der Waals surface area contributed by atoms with Gasteiger partial charge in [0.1, 0.15) is 5.75 Å². The van der Waals surface area contributed by atoms with Crippen molar-refractivity contribution in [1.82, 2.24) is 5.32 Å². The maximum Gasteiger partial charge on any atom is 0.151 e. The van der Waals surface area contributed by atoms with E-state index in [0.29, 0.717) is 11.1 Å². The summed E-state index contributed by atoms with van der Waals surface area (Å²) in [4.78, 5) is 0. The number of hydrogen-bond donors (Lipinski definition) is 3. The van der Waals surface area contributed by atoms with E-state index in [1.165, 1.54) is 6.07 Å². The summed E-state index contributed by atoms with van der Waals surface area (Å²) in [6.07, 6.45) is 0.322. The Morgan fingerprint density at radius 2 is 1.86 bits per heavy atom. The van der Waals surface area contributed by atoms with Crippen LogP contribution in [-0.4, -0.2) is 36.5 Å². The summed E-state index contributed by atoms with van der Waals surface area (Å²) in [6, 6.07) is 4.36. The number of sulfone groups is 1. The minimum Gasteiger partial charge on any atom is -0.508 e. The molecule has 0 spiro atoms. The lowest BCUT2D eigenvalue weighted by atomic mass is 9.98. The average Bonchev–Trinajstić information content (AvgIpc) is 2.27. The fourth-order valence-corrected chi connectivity index (χ4v) is 3.03. The van der Waals surface area contributed by atoms with Crippen LogP contribution in [-0.2, 0) is 15.6 Å². The van der Waals surface area contributed by atoms with E-state index < -0.39 is 15.9 Å². The summed E-state index contributed by atoms with van der Waals surface area (Å²) >= 11 is 0. The van der Waals surface area contributed by atoms with E-state index in [1.54, 1.807) is 12.1 Å². The van der Waals surface area contributed by atoms with Gasteiger partial charge in [0.15, 0.2) is 9.84 Å². The fourth-order valence-electron chi connectivity index (χ4n) is 2.24. The van der Waals surface area contributed by atoms with Crippen molar-refractivity contribution in [2.75, 3.05) is 6.26 Å². The summed E-state index contributed by atoms with van der Waals surface area (Å²) < 4.78 is 22.7. The molecule has 0 aromatic heterocycles. The molecule has 0 aliphatic rings. The Bertz CT molecular complexity index is 590. The van der Waals surface area contributed by atoms with Crippen molar-refractivity contribution in [3.8, 4) is 5.75 Å². The van der Waals surface area contributed by atoms with E-state index in [1.807, 2.05) is 27.7 Å². The van der Waals surface area contributed by atoms with Gasteiger partial charge in [-0.3, -0.25) is 0 Å². The van der Waals surface area contributed by atoms with Crippen LogP contribution < -0.4 is 5.32 Å². The zero-order valence-electron chi connectivity index (χ0n) is 13.2. The van der Waals surface area contributed by atoms with Gasteiger partial charge in [-0.2, -0.15) is 0 Å². The monoisotopic (exact) mass is 315 g/mol. The Morgan fingerprint density at radius 3 is 2.33 bits per heavy atom. The zero-order chi connectivity index (χ0) is 16.4. The SMILES string of the molecule is CC(NC(C)(C)C)C(O)c1ccc(O)c(CS(C)(=O)=O)c1. The molecule has 0 fully saturated rings. The van der Waals surface area contributed by atoms with Gasteiger partial charge in [-0.15, -0.1) is 0 Å². The zero-order valence-corrected chi connectivity index (χ0v) is 14.0. The average molecular weight is 315 g/mol. The normalized spacial score (nSPS) is 15.7. The molecule has 2 atom stereocenters. The highest BCUT2D eigenvalue weighted by molar-refractivity contribution is 7.89. The number of benzene rings is 1. The molecular weight excluding hydrogens is 290 g/mol. The molecule has 1 aromatic carbocycles. The molecule has 1 rings (SSSR count). The number of phenols is 1. The van der Waals surface area contributed by atoms with Gasteiger partial charge in [-0.1, -0.05) is 6.07 Å². The van der Waals surface area contributed by atoms with Gasteiger partial charge < -0.3 is 15.5 Å². The van der Waals surface area contributed by atoms with Crippen molar-refractivity contribution < 1.29 is 18.6 Å². The van der Waals surface area contributed by atoms with Crippen LogP contribution in [0.25, 0.3) is 0 Å². The first kappa shape index (κ1) is 17.9. The summed E-state index contributed by atoms with van der Waals surface area (Å²) in [7, 11) is -3.25. The van der Waals surface area contributed by atoms with Gasteiger partial charge in [0, 0.05) is 23.4 Å². The molecule has 5 nitrogen and oxygen atoms in total. The van der Waals surface area contributed by atoms with Crippen LogP contribution >= 0.6 is 0 Å². The van der Waals surface area contributed by atoms with Gasteiger partial charge in [-0.05, 0) is 45.4 Å². The quantitative estimate of drug-likeness (QED) is 0.770. The first-order chi connectivity index (χ1) is 9.39. The molecule has 120 valence electrons. The van der Waals surface area contributed by atoms with Gasteiger partial charge in [0.2, 0.25) is 0 Å². The molecule has 0 saturated carbocycles. The van der Waals surface area contributed by atoms with Crippen LogP contribution in [0.1, 0.15) is 44.9 Å². The lowest BCUT2D eigenvalue weighted by molar-refractivity contribution is 0.121. The largest absolute Gasteiger partial charge is 0.508 e. The summed E-state index contributed by atoms with van der Waals surface area (Å²) in [6.45, 7) is 7.87. The number of aliphatic hydroxyl groups excluding tert-OH is 1. The van der Waals surface area contributed by atoms with Crippen molar-refractivity contribution in [3.05, 3.63) is 29.3 Å². The van der Waals surface area contributed by atoms with E-state index in [9.17, 15) is 18.6 Å². The van der Waals surface area contributed by atoms with E-state index in [4.69, 9.17) is 0 Å². The van der Waals surface area contributed by atoms with E-state index in [-0.39, 0.29) is 23.1 Å². The number of aliphatic hydroxyl groups is 1. The molecular formula is C15H25NO4S. The highest BCUT2D eigenvalue weighted by atomic mass is 32.2. The second-order valence-corrected chi connectivity index (χ2v) is 8.73. The number of phenolic OH excluding ortho intramolecular Hbond substituents is 1. The van der Waals surface area contributed by atoms with Crippen molar-refractivity contribution in [3.63, 3.8) is 0 Å². The Kier molecular flexibility index (Phi) is 5.41. The Hall–Kier alpha value is -1.11. The van der Waals surface area contributed by atoms with E-state index in [2.05, 4.69) is 5.32 Å². The van der Waals surface area contributed by atoms with Crippen LogP contribution in [0.4, 0.5) is 0 Å². The smallest absolute Gasteiger partial charge is 0.151 e. The standard InChI is InChI=1S/C15H25NO4S/c1-10(16-15(2,3)4)14(18)11-6-7-13(17)12(8-11)9-21(5,19)20/h6-8,10,14,16-18H,9H2,1-5H3. The molecule has 0 bridgehead atoms.